The molecule has 0 saturated heterocycles. The maximum atomic E-state index is 11.6. The van der Waals surface area contributed by atoms with Crippen LogP contribution in [0, 0.1) is 22.7 Å². The maximum absolute atomic E-state index is 11.6. The number of unbranched alkanes of at least 4 members (excludes halogenated alkanes) is 6. The average Bonchev–Trinajstić information content (AvgIpc) is 3.87. The van der Waals surface area contributed by atoms with Crippen LogP contribution in [0.15, 0.2) is 90.5 Å². The second-order valence-electron chi connectivity index (χ2n) is 13.8. The third kappa shape index (κ3) is 7.89. The van der Waals surface area contributed by atoms with Crippen molar-refractivity contribution in [3.05, 3.63) is 118 Å². The zero-order valence-electron chi connectivity index (χ0n) is 30.6. The van der Waals surface area contributed by atoms with E-state index in [0.29, 0.717) is 0 Å². The number of carbonyl (C=O) groups is 2. The molecule has 2 aromatic heterocycles. The molecule has 0 saturated carbocycles. The van der Waals surface area contributed by atoms with Crippen LogP contribution in [0.5, 0.6) is 0 Å². The van der Waals surface area contributed by atoms with Crippen molar-refractivity contribution in [1.82, 2.24) is 0 Å². The van der Waals surface area contributed by atoms with Gasteiger partial charge in [0.2, 0.25) is 0 Å². The number of hydrogen-bond donors (Lipinski definition) is 2. The van der Waals surface area contributed by atoms with E-state index in [2.05, 4.69) is 38.1 Å². The standard InChI is InChI=1S/C45H43N3O4S2/c1-3-5-7-9-23-45(24-10-8-6-4-2)38-26-37(25-30(28-46)29-47)53-41(38)42-39(45)27-40(54-42)31-11-17-34(18-12-31)48(35-19-13-32(14-20-35)43(49)50)36-21-15-33(16-22-36)44(51)52/h11-22,25-27H,3-10,23-24H2,1-2H3,(H,49,50)(H,51,52). The fourth-order valence-electron chi connectivity index (χ4n) is 7.54. The first-order chi connectivity index (χ1) is 26.2. The van der Waals surface area contributed by atoms with Crippen LogP contribution in [0.1, 0.15) is 115 Å². The molecular formula is C45H43N3O4S2. The Morgan fingerprint density at radius 3 is 1.59 bits per heavy atom. The van der Waals surface area contributed by atoms with Crippen LogP contribution in [0.2, 0.25) is 0 Å². The van der Waals surface area contributed by atoms with E-state index >= 15 is 0 Å². The van der Waals surface area contributed by atoms with Crippen LogP contribution in [-0.2, 0) is 5.41 Å². The zero-order chi connectivity index (χ0) is 38.2. The topological polar surface area (TPSA) is 125 Å². The number of carboxylic acid groups (broad SMARTS) is 2. The molecule has 1 aliphatic rings. The number of aromatic carboxylic acids is 2. The summed E-state index contributed by atoms with van der Waals surface area (Å²) >= 11 is 3.48. The maximum Gasteiger partial charge on any atom is 0.335 e. The van der Waals surface area contributed by atoms with E-state index in [0.717, 1.165) is 53.2 Å². The van der Waals surface area contributed by atoms with Crippen LogP contribution in [-0.4, -0.2) is 22.2 Å². The van der Waals surface area contributed by atoms with Gasteiger partial charge in [-0.3, -0.25) is 0 Å². The third-order valence-electron chi connectivity index (χ3n) is 10.3. The minimum atomic E-state index is -1.01. The van der Waals surface area contributed by atoms with Crippen LogP contribution in [0.3, 0.4) is 0 Å². The van der Waals surface area contributed by atoms with E-state index in [9.17, 15) is 30.3 Å². The van der Waals surface area contributed by atoms with Crippen molar-refractivity contribution in [2.24, 2.45) is 0 Å². The van der Waals surface area contributed by atoms with Crippen molar-refractivity contribution in [2.75, 3.05) is 4.90 Å². The van der Waals surface area contributed by atoms with E-state index in [1.54, 1.807) is 77.3 Å². The molecule has 7 nitrogen and oxygen atoms in total. The largest absolute Gasteiger partial charge is 0.478 e. The second kappa shape index (κ2) is 17.1. The lowest BCUT2D eigenvalue weighted by atomic mass is 9.71. The van der Waals surface area contributed by atoms with Crippen molar-refractivity contribution in [1.29, 1.82) is 10.5 Å². The Hall–Kier alpha value is -5.48. The van der Waals surface area contributed by atoms with Crippen molar-refractivity contribution < 1.29 is 19.8 Å². The van der Waals surface area contributed by atoms with Crippen molar-refractivity contribution in [3.63, 3.8) is 0 Å². The first kappa shape index (κ1) is 38.3. The summed E-state index contributed by atoms with van der Waals surface area (Å²) in [7, 11) is 0. The summed E-state index contributed by atoms with van der Waals surface area (Å²) in [6, 6.07) is 30.3. The lowest BCUT2D eigenvalue weighted by Gasteiger charge is -2.31. The van der Waals surface area contributed by atoms with Gasteiger partial charge in [-0.25, -0.2) is 9.59 Å². The number of nitriles is 2. The molecule has 0 atom stereocenters. The van der Waals surface area contributed by atoms with Gasteiger partial charge in [0.05, 0.1) is 11.1 Å². The van der Waals surface area contributed by atoms with E-state index in [-0.39, 0.29) is 22.1 Å². The SMILES string of the molecule is CCCCCCC1(CCCCCC)c2cc(C=C(C#N)C#N)sc2-c2sc(-c3ccc(N(c4ccc(C(=O)O)cc4)c4ccc(C(=O)O)cc4)cc3)cc21. The molecule has 3 aromatic carbocycles. The molecule has 6 rings (SSSR count). The summed E-state index contributed by atoms with van der Waals surface area (Å²) in [5.74, 6) is -2.01. The fraction of sp³-hybridized carbons (Fsp3) is 0.289. The van der Waals surface area contributed by atoms with Gasteiger partial charge in [-0.15, -0.1) is 22.7 Å². The Morgan fingerprint density at radius 2 is 1.13 bits per heavy atom. The highest BCUT2D eigenvalue weighted by molar-refractivity contribution is 7.24. The Morgan fingerprint density at radius 1 is 0.667 bits per heavy atom. The number of rotatable bonds is 17. The Bertz CT molecular complexity index is 2150. The van der Waals surface area contributed by atoms with Gasteiger partial charge in [-0.2, -0.15) is 10.5 Å². The summed E-state index contributed by atoms with van der Waals surface area (Å²) in [5, 5.41) is 38.0. The van der Waals surface area contributed by atoms with Crippen LogP contribution in [0.4, 0.5) is 17.1 Å². The number of anilines is 3. The van der Waals surface area contributed by atoms with Crippen LogP contribution >= 0.6 is 22.7 Å². The van der Waals surface area contributed by atoms with Crippen molar-refractivity contribution in [3.8, 4) is 32.3 Å². The molecule has 0 bridgehead atoms. The minimum Gasteiger partial charge on any atom is -0.478 e. The second-order valence-corrected chi connectivity index (χ2v) is 16.0. The normalized spacial score (nSPS) is 12.3. The number of fused-ring (bicyclic) bond motifs is 3. The fourth-order valence-corrected chi connectivity index (χ4v) is 10.2. The molecule has 1 aliphatic carbocycles. The molecule has 0 fully saturated rings. The molecule has 5 aromatic rings. The molecule has 0 amide bonds. The van der Waals surface area contributed by atoms with Gasteiger partial charge >= 0.3 is 11.9 Å². The Balaban J connectivity index is 1.41. The predicted molar refractivity (Wildman–Crippen MR) is 219 cm³/mol. The molecule has 0 spiro atoms. The molecule has 2 heterocycles. The van der Waals surface area contributed by atoms with Gasteiger partial charge in [0.1, 0.15) is 17.7 Å². The highest BCUT2D eigenvalue weighted by Gasteiger charge is 2.45. The summed E-state index contributed by atoms with van der Waals surface area (Å²) in [6.07, 6.45) is 13.3. The van der Waals surface area contributed by atoms with Crippen molar-refractivity contribution >= 4 is 57.8 Å². The first-order valence-electron chi connectivity index (χ1n) is 18.6. The molecule has 54 heavy (non-hydrogen) atoms. The van der Waals surface area contributed by atoms with Crippen LogP contribution < -0.4 is 4.90 Å². The van der Waals surface area contributed by atoms with Gasteiger partial charge in [-0.1, -0.05) is 77.3 Å². The minimum absolute atomic E-state index is 0.114. The predicted octanol–water partition coefficient (Wildman–Crippen LogP) is 13.0. The summed E-state index contributed by atoms with van der Waals surface area (Å²) in [4.78, 5) is 29.8. The lowest BCUT2D eigenvalue weighted by Crippen LogP contribution is -2.25. The molecule has 9 heteroatoms. The third-order valence-corrected chi connectivity index (χ3v) is 12.7. The summed E-state index contributed by atoms with van der Waals surface area (Å²) in [6.45, 7) is 4.48. The Labute approximate surface area is 325 Å². The van der Waals surface area contributed by atoms with Crippen LogP contribution in [0.25, 0.3) is 26.3 Å². The van der Waals surface area contributed by atoms with E-state index in [1.165, 1.54) is 64.3 Å². The van der Waals surface area contributed by atoms with Gasteiger partial charge in [0.15, 0.2) is 0 Å². The van der Waals surface area contributed by atoms with Gasteiger partial charge in [-0.05, 0) is 108 Å². The average molecular weight is 754 g/mol. The first-order valence-corrected chi connectivity index (χ1v) is 20.2. The molecule has 0 aliphatic heterocycles. The number of nitrogens with zero attached hydrogens (tertiary/aromatic N) is 3. The van der Waals surface area contributed by atoms with Crippen molar-refractivity contribution in [2.45, 2.75) is 83.5 Å². The van der Waals surface area contributed by atoms with Gasteiger partial charge in [0, 0.05) is 42.0 Å². The number of benzene rings is 3. The number of thiophene rings is 2. The molecule has 0 unspecified atom stereocenters. The van der Waals surface area contributed by atoms with Gasteiger partial charge in [0.25, 0.3) is 0 Å². The quantitative estimate of drug-likeness (QED) is 0.0715. The number of hydrogen-bond acceptors (Lipinski definition) is 7. The number of allylic oxidation sites excluding steroid dienone is 1. The molecule has 2 N–H and O–H groups in total. The summed E-state index contributed by atoms with van der Waals surface area (Å²) in [5.41, 5.74) is 6.52. The summed E-state index contributed by atoms with van der Waals surface area (Å²) < 4.78 is 0. The monoisotopic (exact) mass is 753 g/mol. The molecule has 274 valence electrons. The number of carboxylic acids is 2. The van der Waals surface area contributed by atoms with Gasteiger partial charge < -0.3 is 15.1 Å². The van der Waals surface area contributed by atoms with E-state index < -0.39 is 11.9 Å². The highest BCUT2D eigenvalue weighted by atomic mass is 32.1. The zero-order valence-corrected chi connectivity index (χ0v) is 32.2. The molecular weight excluding hydrogens is 711 g/mol. The Kier molecular flexibility index (Phi) is 12.1. The smallest absolute Gasteiger partial charge is 0.335 e. The molecule has 0 radical (unpaired) electrons. The van der Waals surface area contributed by atoms with E-state index in [1.807, 2.05) is 29.2 Å². The highest BCUT2D eigenvalue weighted by Crippen LogP contribution is 2.61. The van der Waals surface area contributed by atoms with E-state index in [4.69, 9.17) is 0 Å². The lowest BCUT2D eigenvalue weighted by molar-refractivity contribution is 0.0686.